The lowest BCUT2D eigenvalue weighted by atomic mass is 10.1. The molecule has 94 valence electrons. The molecule has 0 saturated carbocycles. The average Bonchev–Trinajstić information content (AvgIpc) is 2.26. The summed E-state index contributed by atoms with van der Waals surface area (Å²) in [6, 6.07) is 5.97. The van der Waals surface area contributed by atoms with Gasteiger partial charge < -0.3 is 5.11 Å². The monoisotopic (exact) mass is 239 g/mol. The minimum absolute atomic E-state index is 0.122. The Labute approximate surface area is 101 Å². The highest BCUT2D eigenvalue weighted by Crippen LogP contribution is 2.08. The molecule has 3 nitrogen and oxygen atoms in total. The fraction of sp³-hybridized carbons (Fsp3) is 0.462. The molecule has 4 heteroatoms. The van der Waals surface area contributed by atoms with E-state index in [2.05, 4.69) is 0 Å². The number of hydrogen-bond acceptors (Lipinski definition) is 3. The molecule has 1 aromatic carbocycles. The molecule has 0 bridgehead atoms. The van der Waals surface area contributed by atoms with Gasteiger partial charge in [0.05, 0.1) is 18.2 Å². The number of Topliss-reactive ketones (excluding diaryl/α,β-unsaturated/α-hetero) is 1. The van der Waals surface area contributed by atoms with Gasteiger partial charge in [-0.1, -0.05) is 12.1 Å². The van der Waals surface area contributed by atoms with Crippen molar-refractivity contribution in [3.63, 3.8) is 0 Å². The maximum Gasteiger partial charge on any atom is 0.179 e. The second-order valence-electron chi connectivity index (χ2n) is 4.28. The van der Waals surface area contributed by atoms with Gasteiger partial charge in [-0.25, -0.2) is 4.39 Å². The smallest absolute Gasteiger partial charge is 0.179 e. The Kier molecular flexibility index (Phi) is 5.25. The van der Waals surface area contributed by atoms with Crippen LogP contribution in [0.1, 0.15) is 23.7 Å². The summed E-state index contributed by atoms with van der Waals surface area (Å²) in [4.78, 5) is 13.6. The summed E-state index contributed by atoms with van der Waals surface area (Å²) < 4.78 is 13.3. The van der Waals surface area contributed by atoms with Crippen molar-refractivity contribution in [2.75, 3.05) is 20.1 Å². The van der Waals surface area contributed by atoms with Crippen LogP contribution in [0.25, 0.3) is 0 Å². The van der Waals surface area contributed by atoms with Crippen molar-refractivity contribution in [2.24, 2.45) is 0 Å². The van der Waals surface area contributed by atoms with Crippen LogP contribution in [0, 0.1) is 5.82 Å². The third-order valence-corrected chi connectivity index (χ3v) is 2.52. The highest BCUT2D eigenvalue weighted by Gasteiger charge is 2.13. The second-order valence-corrected chi connectivity index (χ2v) is 4.28. The molecule has 1 aromatic rings. The number of rotatable bonds is 6. The van der Waals surface area contributed by atoms with Crippen LogP contribution in [-0.4, -0.2) is 42.0 Å². The number of ketones is 1. The maximum absolute atomic E-state index is 13.3. The van der Waals surface area contributed by atoms with Gasteiger partial charge in [0, 0.05) is 6.54 Å². The van der Waals surface area contributed by atoms with Crippen molar-refractivity contribution in [1.82, 2.24) is 4.90 Å². The van der Waals surface area contributed by atoms with Crippen molar-refractivity contribution in [3.8, 4) is 0 Å². The molecular weight excluding hydrogens is 221 g/mol. The van der Waals surface area contributed by atoms with Crippen LogP contribution < -0.4 is 0 Å². The summed E-state index contributed by atoms with van der Waals surface area (Å²) in [5.74, 6) is -0.724. The van der Waals surface area contributed by atoms with E-state index in [1.807, 2.05) is 0 Å². The van der Waals surface area contributed by atoms with E-state index in [1.54, 1.807) is 31.0 Å². The fourth-order valence-corrected chi connectivity index (χ4v) is 1.50. The minimum atomic E-state index is -0.485. The molecule has 0 radical (unpaired) electrons. The second kappa shape index (κ2) is 6.47. The third-order valence-electron chi connectivity index (χ3n) is 2.52. The van der Waals surface area contributed by atoms with E-state index in [-0.39, 0.29) is 24.0 Å². The topological polar surface area (TPSA) is 40.5 Å². The van der Waals surface area contributed by atoms with Gasteiger partial charge in [-0.2, -0.15) is 0 Å². The molecule has 0 aromatic heterocycles. The first-order valence-electron chi connectivity index (χ1n) is 5.65. The van der Waals surface area contributed by atoms with E-state index in [0.29, 0.717) is 13.0 Å². The molecule has 0 aliphatic heterocycles. The Hall–Kier alpha value is -1.26. The van der Waals surface area contributed by atoms with Crippen molar-refractivity contribution < 1.29 is 14.3 Å². The summed E-state index contributed by atoms with van der Waals surface area (Å²) in [6.07, 6.45) is 0.210. The first-order chi connectivity index (χ1) is 8.00. The Morgan fingerprint density at radius 3 is 2.71 bits per heavy atom. The van der Waals surface area contributed by atoms with Crippen molar-refractivity contribution in [1.29, 1.82) is 0 Å². The molecule has 1 rings (SSSR count). The number of aliphatic hydroxyl groups excluding tert-OH is 1. The number of likely N-dealkylation sites (N-methyl/N-ethyl adjacent to an activating group) is 1. The lowest BCUT2D eigenvalue weighted by Gasteiger charge is -2.16. The number of benzene rings is 1. The van der Waals surface area contributed by atoms with Gasteiger partial charge in [0.2, 0.25) is 0 Å². The zero-order valence-corrected chi connectivity index (χ0v) is 10.2. The molecule has 0 spiro atoms. The van der Waals surface area contributed by atoms with E-state index in [4.69, 9.17) is 5.11 Å². The van der Waals surface area contributed by atoms with E-state index < -0.39 is 5.82 Å². The van der Waals surface area contributed by atoms with E-state index in [1.165, 1.54) is 12.1 Å². The molecular formula is C13H18FNO2. The van der Waals surface area contributed by atoms with Crippen LogP contribution in [-0.2, 0) is 0 Å². The standard InChI is InChI=1S/C13H18FNO2/c1-10(16)7-8-15(2)9-13(17)11-5-3-4-6-12(11)14/h3-6,10,16H,7-9H2,1-2H3. The van der Waals surface area contributed by atoms with Crippen LogP contribution in [0.4, 0.5) is 4.39 Å². The molecule has 0 aliphatic rings. The van der Waals surface area contributed by atoms with Crippen LogP contribution in [0.3, 0.4) is 0 Å². The van der Waals surface area contributed by atoms with Crippen molar-refractivity contribution in [3.05, 3.63) is 35.6 Å². The molecule has 0 aliphatic carbocycles. The lowest BCUT2D eigenvalue weighted by molar-refractivity contribution is 0.0927. The van der Waals surface area contributed by atoms with E-state index in [9.17, 15) is 9.18 Å². The number of carbonyl (C=O) groups excluding carboxylic acids is 1. The van der Waals surface area contributed by atoms with Crippen LogP contribution in [0.15, 0.2) is 24.3 Å². The number of halogens is 1. The molecule has 0 amide bonds. The van der Waals surface area contributed by atoms with Gasteiger partial charge in [0.25, 0.3) is 0 Å². The lowest BCUT2D eigenvalue weighted by Crippen LogP contribution is -2.29. The van der Waals surface area contributed by atoms with Crippen molar-refractivity contribution in [2.45, 2.75) is 19.4 Å². The third kappa shape index (κ3) is 4.63. The zero-order valence-electron chi connectivity index (χ0n) is 10.2. The van der Waals surface area contributed by atoms with Gasteiger partial charge in [-0.05, 0) is 32.5 Å². The van der Waals surface area contributed by atoms with Gasteiger partial charge in [-0.3, -0.25) is 9.69 Å². The molecule has 0 heterocycles. The van der Waals surface area contributed by atoms with Gasteiger partial charge in [0.15, 0.2) is 5.78 Å². The van der Waals surface area contributed by atoms with Crippen LogP contribution in [0.2, 0.25) is 0 Å². The zero-order chi connectivity index (χ0) is 12.8. The first kappa shape index (κ1) is 13.8. The molecule has 1 atom stereocenters. The molecule has 17 heavy (non-hydrogen) atoms. The fourth-order valence-electron chi connectivity index (χ4n) is 1.50. The Morgan fingerprint density at radius 2 is 2.12 bits per heavy atom. The Balaban J connectivity index is 2.52. The van der Waals surface area contributed by atoms with E-state index >= 15 is 0 Å². The SMILES string of the molecule is CC(O)CCN(C)CC(=O)c1ccccc1F. The highest BCUT2D eigenvalue weighted by molar-refractivity contribution is 5.97. The Bertz CT molecular complexity index is 379. The van der Waals surface area contributed by atoms with Crippen LogP contribution in [0.5, 0.6) is 0 Å². The van der Waals surface area contributed by atoms with Crippen LogP contribution >= 0.6 is 0 Å². The molecule has 0 saturated heterocycles. The predicted octanol–water partition coefficient (Wildman–Crippen LogP) is 1.71. The normalized spacial score (nSPS) is 12.8. The highest BCUT2D eigenvalue weighted by atomic mass is 19.1. The predicted molar refractivity (Wildman–Crippen MR) is 64.5 cm³/mol. The molecule has 1 N–H and O–H groups in total. The van der Waals surface area contributed by atoms with E-state index in [0.717, 1.165) is 0 Å². The summed E-state index contributed by atoms with van der Waals surface area (Å²) >= 11 is 0. The maximum atomic E-state index is 13.3. The summed E-state index contributed by atoms with van der Waals surface area (Å²) in [6.45, 7) is 2.47. The van der Waals surface area contributed by atoms with Gasteiger partial charge >= 0.3 is 0 Å². The molecule has 0 fully saturated rings. The summed E-state index contributed by atoms with van der Waals surface area (Å²) in [5, 5.41) is 9.12. The number of hydrogen-bond donors (Lipinski definition) is 1. The number of nitrogens with zero attached hydrogens (tertiary/aromatic N) is 1. The minimum Gasteiger partial charge on any atom is -0.393 e. The Morgan fingerprint density at radius 1 is 1.47 bits per heavy atom. The number of aliphatic hydroxyl groups is 1. The average molecular weight is 239 g/mol. The van der Waals surface area contributed by atoms with Crippen molar-refractivity contribution >= 4 is 5.78 Å². The molecule has 1 unspecified atom stereocenters. The largest absolute Gasteiger partial charge is 0.393 e. The van der Waals surface area contributed by atoms with Gasteiger partial charge in [0.1, 0.15) is 5.82 Å². The summed E-state index contributed by atoms with van der Waals surface area (Å²) in [7, 11) is 1.78. The first-order valence-corrected chi connectivity index (χ1v) is 5.65. The summed E-state index contributed by atoms with van der Waals surface area (Å²) in [5.41, 5.74) is 0.122. The quantitative estimate of drug-likeness (QED) is 0.768. The number of carbonyl (C=O) groups is 1. The van der Waals surface area contributed by atoms with Gasteiger partial charge in [-0.15, -0.1) is 0 Å².